The number of thiophene rings is 1. The van der Waals surface area contributed by atoms with E-state index in [0.717, 1.165) is 25.6 Å². The molecule has 1 aliphatic rings. The van der Waals surface area contributed by atoms with Crippen LogP contribution in [0.4, 0.5) is 0 Å². The number of nitrogens with two attached hydrogens (primary N) is 1. The van der Waals surface area contributed by atoms with E-state index in [1.165, 1.54) is 17.7 Å². The van der Waals surface area contributed by atoms with Crippen LogP contribution in [0.15, 0.2) is 17.5 Å². The predicted molar refractivity (Wildman–Crippen MR) is 70.6 cm³/mol. The Morgan fingerprint density at radius 1 is 1.50 bits per heavy atom. The van der Waals surface area contributed by atoms with Crippen LogP contribution in [0.5, 0.6) is 0 Å². The summed E-state index contributed by atoms with van der Waals surface area (Å²) in [4.78, 5) is 4.07. The minimum atomic E-state index is -0.0391. The van der Waals surface area contributed by atoms with Gasteiger partial charge in [0.2, 0.25) is 0 Å². The maximum absolute atomic E-state index is 6.05. The van der Waals surface area contributed by atoms with Crippen LogP contribution in [0.2, 0.25) is 0 Å². The second-order valence-corrected chi connectivity index (χ2v) is 6.55. The number of rotatable bonds is 6. The molecule has 0 aliphatic heterocycles. The lowest BCUT2D eigenvalue weighted by Gasteiger charge is -2.26. The van der Waals surface area contributed by atoms with E-state index in [9.17, 15) is 0 Å². The Morgan fingerprint density at radius 3 is 2.75 bits per heavy atom. The third-order valence-corrected chi connectivity index (χ3v) is 3.91. The molecule has 0 unspecified atom stereocenters. The summed E-state index contributed by atoms with van der Waals surface area (Å²) in [6.07, 6.45) is 3.82. The van der Waals surface area contributed by atoms with Crippen molar-refractivity contribution in [1.82, 2.24) is 4.90 Å². The quantitative estimate of drug-likeness (QED) is 0.825. The lowest BCUT2D eigenvalue weighted by Crippen LogP contribution is -2.37. The topological polar surface area (TPSA) is 29.3 Å². The zero-order valence-electron chi connectivity index (χ0n) is 10.3. The summed E-state index contributed by atoms with van der Waals surface area (Å²) in [7, 11) is 0. The van der Waals surface area contributed by atoms with Gasteiger partial charge in [-0.25, -0.2) is 0 Å². The molecule has 1 aromatic heterocycles. The van der Waals surface area contributed by atoms with E-state index >= 15 is 0 Å². The van der Waals surface area contributed by atoms with Crippen LogP contribution < -0.4 is 5.73 Å². The van der Waals surface area contributed by atoms with Gasteiger partial charge < -0.3 is 5.73 Å². The average molecular weight is 238 g/mol. The summed E-state index contributed by atoms with van der Waals surface area (Å²) in [5.74, 6) is 0. The fraction of sp³-hybridized carbons (Fsp3) is 0.692. The van der Waals surface area contributed by atoms with Crippen LogP contribution in [-0.2, 0) is 6.54 Å². The first-order chi connectivity index (χ1) is 7.54. The van der Waals surface area contributed by atoms with Crippen LogP contribution in [0.3, 0.4) is 0 Å². The Labute approximate surface area is 102 Å². The summed E-state index contributed by atoms with van der Waals surface area (Å²) in [5.41, 5.74) is 6.01. The van der Waals surface area contributed by atoms with Crippen molar-refractivity contribution in [2.75, 3.05) is 6.54 Å². The first-order valence-electron chi connectivity index (χ1n) is 6.10. The normalized spacial score (nSPS) is 17.0. The molecule has 1 fully saturated rings. The molecule has 0 bridgehead atoms. The molecule has 0 saturated heterocycles. The largest absolute Gasteiger partial charge is 0.326 e. The summed E-state index contributed by atoms with van der Waals surface area (Å²) < 4.78 is 0. The Morgan fingerprint density at radius 2 is 2.25 bits per heavy atom. The van der Waals surface area contributed by atoms with Gasteiger partial charge in [0.15, 0.2) is 0 Å². The monoisotopic (exact) mass is 238 g/mol. The van der Waals surface area contributed by atoms with Crippen molar-refractivity contribution in [3.05, 3.63) is 22.4 Å². The van der Waals surface area contributed by atoms with Gasteiger partial charge in [0.1, 0.15) is 0 Å². The zero-order chi connectivity index (χ0) is 11.6. The minimum absolute atomic E-state index is 0.0391. The molecular formula is C13H22N2S. The lowest BCUT2D eigenvalue weighted by atomic mass is 10.0. The molecule has 1 saturated carbocycles. The number of nitrogens with zero attached hydrogens (tertiary/aromatic N) is 1. The van der Waals surface area contributed by atoms with Gasteiger partial charge in [-0.3, -0.25) is 4.90 Å². The third-order valence-electron chi connectivity index (χ3n) is 3.05. The molecule has 0 aromatic carbocycles. The molecule has 16 heavy (non-hydrogen) atoms. The third kappa shape index (κ3) is 3.89. The van der Waals surface area contributed by atoms with Crippen LogP contribution in [0.1, 0.15) is 38.0 Å². The number of hydrogen-bond acceptors (Lipinski definition) is 3. The van der Waals surface area contributed by atoms with Gasteiger partial charge >= 0.3 is 0 Å². The van der Waals surface area contributed by atoms with Gasteiger partial charge in [0, 0.05) is 29.5 Å². The van der Waals surface area contributed by atoms with Gasteiger partial charge in [-0.15, -0.1) is 11.3 Å². The van der Waals surface area contributed by atoms with Crippen LogP contribution in [-0.4, -0.2) is 23.0 Å². The van der Waals surface area contributed by atoms with Crippen molar-refractivity contribution in [3.63, 3.8) is 0 Å². The Kier molecular flexibility index (Phi) is 3.67. The molecule has 0 amide bonds. The first kappa shape index (κ1) is 12.1. The Bertz CT molecular complexity index is 309. The van der Waals surface area contributed by atoms with E-state index in [2.05, 4.69) is 36.3 Å². The van der Waals surface area contributed by atoms with E-state index in [4.69, 9.17) is 5.73 Å². The summed E-state index contributed by atoms with van der Waals surface area (Å²) in [6, 6.07) is 5.19. The Hall–Kier alpha value is -0.380. The van der Waals surface area contributed by atoms with E-state index in [1.807, 2.05) is 11.3 Å². The highest BCUT2D eigenvalue weighted by Crippen LogP contribution is 2.29. The standard InChI is InChI=1S/C13H22N2S/c1-13(2,14)7-8-15(11-5-6-11)10-12-4-3-9-16-12/h3-4,9,11H,5-8,10,14H2,1-2H3. The molecular weight excluding hydrogens is 216 g/mol. The summed E-state index contributed by atoms with van der Waals surface area (Å²) >= 11 is 1.86. The molecule has 0 atom stereocenters. The molecule has 2 nitrogen and oxygen atoms in total. The number of hydrogen-bond donors (Lipinski definition) is 1. The molecule has 0 radical (unpaired) electrons. The maximum Gasteiger partial charge on any atom is 0.0330 e. The molecule has 1 aromatic rings. The summed E-state index contributed by atoms with van der Waals surface area (Å²) in [6.45, 7) is 6.47. The minimum Gasteiger partial charge on any atom is -0.326 e. The fourth-order valence-corrected chi connectivity index (χ4v) is 2.59. The second kappa shape index (κ2) is 4.86. The first-order valence-corrected chi connectivity index (χ1v) is 6.98. The van der Waals surface area contributed by atoms with Crippen LogP contribution in [0.25, 0.3) is 0 Å². The zero-order valence-corrected chi connectivity index (χ0v) is 11.1. The molecule has 1 aliphatic carbocycles. The molecule has 0 spiro atoms. The summed E-state index contributed by atoms with van der Waals surface area (Å²) in [5, 5.41) is 2.16. The highest BCUT2D eigenvalue weighted by atomic mass is 32.1. The van der Waals surface area contributed by atoms with Gasteiger partial charge in [-0.05, 0) is 44.6 Å². The molecule has 3 heteroatoms. The van der Waals surface area contributed by atoms with Crippen LogP contribution >= 0.6 is 11.3 Å². The maximum atomic E-state index is 6.05. The van der Waals surface area contributed by atoms with Crippen molar-refractivity contribution < 1.29 is 0 Å². The van der Waals surface area contributed by atoms with Gasteiger partial charge in [-0.1, -0.05) is 6.07 Å². The highest BCUT2D eigenvalue weighted by molar-refractivity contribution is 7.09. The fourth-order valence-electron chi connectivity index (χ4n) is 1.86. The van der Waals surface area contributed by atoms with Gasteiger partial charge in [0.25, 0.3) is 0 Å². The molecule has 2 rings (SSSR count). The molecule has 1 heterocycles. The van der Waals surface area contributed by atoms with Crippen molar-refractivity contribution in [2.45, 2.75) is 51.2 Å². The highest BCUT2D eigenvalue weighted by Gasteiger charge is 2.29. The van der Waals surface area contributed by atoms with Crippen molar-refractivity contribution in [3.8, 4) is 0 Å². The van der Waals surface area contributed by atoms with E-state index < -0.39 is 0 Å². The van der Waals surface area contributed by atoms with E-state index in [0.29, 0.717) is 0 Å². The van der Waals surface area contributed by atoms with Gasteiger partial charge in [-0.2, -0.15) is 0 Å². The lowest BCUT2D eigenvalue weighted by molar-refractivity contribution is 0.233. The van der Waals surface area contributed by atoms with Crippen molar-refractivity contribution >= 4 is 11.3 Å². The smallest absolute Gasteiger partial charge is 0.0330 e. The molecule has 2 N–H and O–H groups in total. The second-order valence-electron chi connectivity index (χ2n) is 5.52. The SMILES string of the molecule is CC(C)(N)CCN(Cc1cccs1)C1CC1. The van der Waals surface area contributed by atoms with Crippen LogP contribution in [0, 0.1) is 0 Å². The van der Waals surface area contributed by atoms with E-state index in [1.54, 1.807) is 0 Å². The molecule has 90 valence electrons. The Balaban J connectivity index is 1.85. The van der Waals surface area contributed by atoms with Crippen molar-refractivity contribution in [1.29, 1.82) is 0 Å². The van der Waals surface area contributed by atoms with Gasteiger partial charge in [0.05, 0.1) is 0 Å². The van der Waals surface area contributed by atoms with E-state index in [-0.39, 0.29) is 5.54 Å². The average Bonchev–Trinajstić information content (AvgIpc) is 2.90. The predicted octanol–water partition coefficient (Wildman–Crippen LogP) is 2.84. The van der Waals surface area contributed by atoms with Crippen molar-refractivity contribution in [2.24, 2.45) is 5.73 Å².